The normalized spacial score (nSPS) is 15.8. The fourth-order valence-electron chi connectivity index (χ4n) is 2.75. The lowest BCUT2D eigenvalue weighted by atomic mass is 9.95. The van der Waals surface area contributed by atoms with Gasteiger partial charge < -0.3 is 4.57 Å². The van der Waals surface area contributed by atoms with E-state index in [1.165, 1.54) is 32.1 Å². The summed E-state index contributed by atoms with van der Waals surface area (Å²) in [6, 6.07) is 8.76. The van der Waals surface area contributed by atoms with Gasteiger partial charge in [0.2, 0.25) is 0 Å². The molecule has 0 atom stereocenters. The Morgan fingerprint density at radius 3 is 2.74 bits per heavy atom. The van der Waals surface area contributed by atoms with Gasteiger partial charge in [-0.1, -0.05) is 25.2 Å². The third kappa shape index (κ3) is 2.88. The van der Waals surface area contributed by atoms with Gasteiger partial charge in [0.15, 0.2) is 0 Å². The van der Waals surface area contributed by atoms with Crippen LogP contribution < -0.4 is 0 Å². The topological polar surface area (TPSA) is 17.8 Å². The molecule has 0 spiro atoms. The highest BCUT2D eigenvalue weighted by molar-refractivity contribution is 5.39. The molecule has 1 aliphatic carbocycles. The molecule has 0 unspecified atom stereocenters. The Morgan fingerprint density at radius 1 is 1.05 bits per heavy atom. The summed E-state index contributed by atoms with van der Waals surface area (Å²) < 4.78 is 2.35. The predicted molar refractivity (Wildman–Crippen MR) is 76.8 cm³/mol. The minimum Gasteiger partial charge on any atom is -0.338 e. The molecule has 1 aliphatic rings. The third-order valence-corrected chi connectivity index (χ3v) is 3.74. The minimum absolute atomic E-state index is 0.641. The van der Waals surface area contributed by atoms with E-state index in [0.717, 1.165) is 11.3 Å². The zero-order valence-electron chi connectivity index (χ0n) is 11.0. The van der Waals surface area contributed by atoms with E-state index in [1.807, 2.05) is 12.1 Å². The van der Waals surface area contributed by atoms with Crippen molar-refractivity contribution in [3.05, 3.63) is 54.1 Å². The molecule has 1 saturated carbocycles. The maximum absolute atomic E-state index is 4.09. The van der Waals surface area contributed by atoms with Gasteiger partial charge in [-0.25, -0.2) is 0 Å². The van der Waals surface area contributed by atoms with Crippen molar-refractivity contribution in [3.63, 3.8) is 0 Å². The first-order valence-electron chi connectivity index (χ1n) is 7.02. The molecule has 1 fully saturated rings. The number of nitrogens with zero attached hydrogens (tertiary/aromatic N) is 2. The highest BCUT2D eigenvalue weighted by atomic mass is 15.0. The summed E-state index contributed by atoms with van der Waals surface area (Å²) in [5.41, 5.74) is 2.09. The van der Waals surface area contributed by atoms with Crippen molar-refractivity contribution in [3.8, 4) is 11.8 Å². The predicted octanol–water partition coefficient (Wildman–Crippen LogP) is 3.79. The van der Waals surface area contributed by atoms with E-state index in [-0.39, 0.29) is 0 Å². The SMILES string of the molecule is C(#Cc1cccn1C1CCCCC1)c1cccnc1. The van der Waals surface area contributed by atoms with Gasteiger partial charge in [-0.05, 0) is 43.0 Å². The Balaban J connectivity index is 1.82. The fraction of sp³-hybridized carbons (Fsp3) is 0.353. The fourth-order valence-corrected chi connectivity index (χ4v) is 2.75. The second-order valence-electron chi connectivity index (χ2n) is 5.08. The van der Waals surface area contributed by atoms with Crippen molar-refractivity contribution in [1.82, 2.24) is 9.55 Å². The van der Waals surface area contributed by atoms with Gasteiger partial charge in [0.25, 0.3) is 0 Å². The number of aromatic nitrogens is 2. The summed E-state index contributed by atoms with van der Waals surface area (Å²) in [5.74, 6) is 6.47. The van der Waals surface area contributed by atoms with Crippen LogP contribution in [-0.2, 0) is 0 Å². The summed E-state index contributed by atoms with van der Waals surface area (Å²) >= 11 is 0. The van der Waals surface area contributed by atoms with Crippen molar-refractivity contribution in [2.75, 3.05) is 0 Å². The Morgan fingerprint density at radius 2 is 1.95 bits per heavy atom. The molecule has 0 aromatic carbocycles. The molecule has 0 bridgehead atoms. The number of hydrogen-bond donors (Lipinski definition) is 0. The molecule has 2 aromatic heterocycles. The van der Waals surface area contributed by atoms with E-state index in [9.17, 15) is 0 Å². The lowest BCUT2D eigenvalue weighted by molar-refractivity contribution is 0.352. The molecule has 2 heterocycles. The molecule has 0 amide bonds. The van der Waals surface area contributed by atoms with Crippen LogP contribution in [-0.4, -0.2) is 9.55 Å². The average molecular weight is 250 g/mol. The van der Waals surface area contributed by atoms with E-state index in [2.05, 4.69) is 39.7 Å². The van der Waals surface area contributed by atoms with Crippen LogP contribution in [0.1, 0.15) is 49.4 Å². The van der Waals surface area contributed by atoms with Crippen LogP contribution in [0.4, 0.5) is 0 Å². The average Bonchev–Trinajstić information content (AvgIpc) is 2.95. The molecule has 96 valence electrons. The quantitative estimate of drug-likeness (QED) is 0.704. The second-order valence-corrected chi connectivity index (χ2v) is 5.08. The smallest absolute Gasteiger partial charge is 0.0926 e. The zero-order chi connectivity index (χ0) is 12.9. The first-order chi connectivity index (χ1) is 9.43. The van der Waals surface area contributed by atoms with Gasteiger partial charge in [0, 0.05) is 30.2 Å². The van der Waals surface area contributed by atoms with Crippen molar-refractivity contribution < 1.29 is 0 Å². The molecule has 2 heteroatoms. The van der Waals surface area contributed by atoms with Gasteiger partial charge in [-0.3, -0.25) is 4.98 Å². The van der Waals surface area contributed by atoms with Gasteiger partial charge in [0.05, 0.1) is 5.69 Å². The van der Waals surface area contributed by atoms with Gasteiger partial charge in [0.1, 0.15) is 0 Å². The van der Waals surface area contributed by atoms with Crippen LogP contribution in [0.25, 0.3) is 0 Å². The minimum atomic E-state index is 0.641. The Kier molecular flexibility index (Phi) is 3.65. The van der Waals surface area contributed by atoms with Gasteiger partial charge in [-0.2, -0.15) is 0 Å². The van der Waals surface area contributed by atoms with E-state index >= 15 is 0 Å². The second kappa shape index (κ2) is 5.75. The standard InChI is InChI=1S/C17H18N2/c1-2-7-16(8-3-1)19-13-5-9-17(19)11-10-15-6-4-12-18-14-15/h4-6,9,12-14,16H,1-3,7-8H2. The van der Waals surface area contributed by atoms with E-state index in [0.29, 0.717) is 6.04 Å². The largest absolute Gasteiger partial charge is 0.338 e. The monoisotopic (exact) mass is 250 g/mol. The molecule has 2 nitrogen and oxygen atoms in total. The van der Waals surface area contributed by atoms with Crippen molar-refractivity contribution in [2.24, 2.45) is 0 Å². The van der Waals surface area contributed by atoms with E-state index in [1.54, 1.807) is 12.4 Å². The summed E-state index contributed by atoms with van der Waals surface area (Å²) in [4.78, 5) is 4.09. The zero-order valence-corrected chi connectivity index (χ0v) is 11.0. The molecular formula is C17H18N2. The maximum Gasteiger partial charge on any atom is 0.0926 e. The maximum atomic E-state index is 4.09. The lowest BCUT2D eigenvalue weighted by Gasteiger charge is -2.24. The van der Waals surface area contributed by atoms with Crippen LogP contribution in [0.2, 0.25) is 0 Å². The van der Waals surface area contributed by atoms with Crippen LogP contribution in [0.3, 0.4) is 0 Å². The van der Waals surface area contributed by atoms with Gasteiger partial charge >= 0.3 is 0 Å². The van der Waals surface area contributed by atoms with Crippen LogP contribution in [0.15, 0.2) is 42.9 Å². The van der Waals surface area contributed by atoms with Crippen LogP contribution >= 0.6 is 0 Å². The highest BCUT2D eigenvalue weighted by Crippen LogP contribution is 2.29. The summed E-state index contributed by atoms with van der Waals surface area (Å²) in [6.45, 7) is 0. The first kappa shape index (κ1) is 12.0. The highest BCUT2D eigenvalue weighted by Gasteiger charge is 2.15. The Bertz CT molecular complexity index is 580. The van der Waals surface area contributed by atoms with Gasteiger partial charge in [-0.15, -0.1) is 0 Å². The molecule has 0 radical (unpaired) electrons. The molecule has 0 aliphatic heterocycles. The number of rotatable bonds is 1. The molecule has 0 N–H and O–H groups in total. The Labute approximate surface area is 114 Å². The summed E-state index contributed by atoms with van der Waals surface area (Å²) in [5, 5.41) is 0. The van der Waals surface area contributed by atoms with Crippen LogP contribution in [0, 0.1) is 11.8 Å². The molecular weight excluding hydrogens is 232 g/mol. The summed E-state index contributed by atoms with van der Waals surface area (Å²) in [6.07, 6.45) is 12.4. The molecule has 19 heavy (non-hydrogen) atoms. The van der Waals surface area contributed by atoms with E-state index < -0.39 is 0 Å². The van der Waals surface area contributed by atoms with Crippen LogP contribution in [0.5, 0.6) is 0 Å². The van der Waals surface area contributed by atoms with Crippen molar-refractivity contribution in [1.29, 1.82) is 0 Å². The molecule has 0 saturated heterocycles. The number of pyridine rings is 1. The third-order valence-electron chi connectivity index (χ3n) is 3.74. The lowest BCUT2D eigenvalue weighted by Crippen LogP contribution is -2.13. The van der Waals surface area contributed by atoms with Crippen molar-refractivity contribution in [2.45, 2.75) is 38.1 Å². The Hall–Kier alpha value is -2.01. The molecule has 2 aromatic rings. The molecule has 3 rings (SSSR count). The van der Waals surface area contributed by atoms with Crippen molar-refractivity contribution >= 4 is 0 Å². The summed E-state index contributed by atoms with van der Waals surface area (Å²) in [7, 11) is 0. The first-order valence-corrected chi connectivity index (χ1v) is 7.02. The van der Waals surface area contributed by atoms with E-state index in [4.69, 9.17) is 0 Å². The number of hydrogen-bond acceptors (Lipinski definition) is 1.